The van der Waals surface area contributed by atoms with Crippen molar-refractivity contribution >= 4 is 18.3 Å². The van der Waals surface area contributed by atoms with Gasteiger partial charge in [0.15, 0.2) is 0 Å². The molecule has 2 N–H and O–H groups in total. The quantitative estimate of drug-likeness (QED) is 0.765. The zero-order chi connectivity index (χ0) is 11.1. The Bertz CT molecular complexity index is 316. The van der Waals surface area contributed by atoms with E-state index in [9.17, 15) is 9.18 Å². The third kappa shape index (κ3) is 5.68. The van der Waals surface area contributed by atoms with Gasteiger partial charge in [-0.2, -0.15) is 0 Å². The molecule has 5 heteroatoms. The highest BCUT2D eigenvalue weighted by Crippen LogP contribution is 2.03. The zero-order valence-corrected chi connectivity index (χ0v) is 9.94. The zero-order valence-electron chi connectivity index (χ0n) is 9.13. The van der Waals surface area contributed by atoms with Crippen LogP contribution in [0.4, 0.5) is 4.39 Å². The Morgan fingerprint density at radius 1 is 1.25 bits per heavy atom. The first kappa shape index (κ1) is 14.9. The first-order chi connectivity index (χ1) is 7.22. The summed E-state index contributed by atoms with van der Waals surface area (Å²) in [5.74, 6) is -0.328. The van der Waals surface area contributed by atoms with Crippen LogP contribution in [0.3, 0.4) is 0 Å². The summed E-state index contributed by atoms with van der Waals surface area (Å²) in [6, 6.07) is 5.95. The predicted molar refractivity (Wildman–Crippen MR) is 64.3 cm³/mol. The molecule has 0 atom stereocenters. The Balaban J connectivity index is 0.00000225. The summed E-state index contributed by atoms with van der Waals surface area (Å²) >= 11 is 0. The lowest BCUT2D eigenvalue weighted by Gasteiger charge is -2.04. The first-order valence-electron chi connectivity index (χ1n) is 4.88. The van der Waals surface area contributed by atoms with Crippen molar-refractivity contribution in [2.75, 3.05) is 20.1 Å². The van der Waals surface area contributed by atoms with E-state index in [1.807, 2.05) is 7.05 Å². The Kier molecular flexibility index (Phi) is 7.50. The molecule has 3 nitrogen and oxygen atoms in total. The van der Waals surface area contributed by atoms with Gasteiger partial charge in [-0.15, -0.1) is 12.4 Å². The Hall–Kier alpha value is -1.13. The lowest BCUT2D eigenvalue weighted by molar-refractivity contribution is -0.120. The van der Waals surface area contributed by atoms with Gasteiger partial charge in [0.2, 0.25) is 5.91 Å². The van der Waals surface area contributed by atoms with Crippen LogP contribution in [-0.2, 0) is 11.2 Å². The molecule has 0 unspecified atom stereocenters. The van der Waals surface area contributed by atoms with Gasteiger partial charge in [-0.05, 0) is 24.7 Å². The fraction of sp³-hybridized carbons (Fsp3) is 0.364. The minimum atomic E-state index is -0.283. The number of hydrogen-bond donors (Lipinski definition) is 2. The highest BCUT2D eigenvalue weighted by Gasteiger charge is 2.02. The summed E-state index contributed by atoms with van der Waals surface area (Å²) in [5.41, 5.74) is 0.818. The van der Waals surface area contributed by atoms with E-state index < -0.39 is 0 Å². The summed E-state index contributed by atoms with van der Waals surface area (Å²) < 4.78 is 12.6. The maximum atomic E-state index is 12.6. The summed E-state index contributed by atoms with van der Waals surface area (Å²) in [5, 5.41) is 5.68. The van der Waals surface area contributed by atoms with Crippen LogP contribution in [0.5, 0.6) is 0 Å². The smallest absolute Gasteiger partial charge is 0.224 e. The summed E-state index contributed by atoms with van der Waals surface area (Å²) in [7, 11) is 1.83. The summed E-state index contributed by atoms with van der Waals surface area (Å²) in [6.07, 6.45) is 0.296. The molecule has 1 aromatic rings. The third-order valence-electron chi connectivity index (χ3n) is 1.98. The van der Waals surface area contributed by atoms with Gasteiger partial charge in [0.25, 0.3) is 0 Å². The Morgan fingerprint density at radius 2 is 1.88 bits per heavy atom. The van der Waals surface area contributed by atoms with E-state index in [1.54, 1.807) is 12.1 Å². The van der Waals surface area contributed by atoms with Gasteiger partial charge < -0.3 is 10.6 Å². The molecule has 0 aliphatic rings. The number of likely N-dealkylation sites (N-methyl/N-ethyl adjacent to an activating group) is 1. The molecule has 16 heavy (non-hydrogen) atoms. The molecule has 1 aromatic carbocycles. The molecule has 0 aromatic heterocycles. The number of halogens is 2. The van der Waals surface area contributed by atoms with Gasteiger partial charge in [0, 0.05) is 13.1 Å². The van der Waals surface area contributed by atoms with Crippen LogP contribution in [0.25, 0.3) is 0 Å². The molecule has 1 amide bonds. The van der Waals surface area contributed by atoms with Crippen LogP contribution < -0.4 is 10.6 Å². The second-order valence-corrected chi connectivity index (χ2v) is 3.26. The largest absolute Gasteiger partial charge is 0.355 e. The molecule has 0 fully saturated rings. The van der Waals surface area contributed by atoms with Gasteiger partial charge in [-0.25, -0.2) is 4.39 Å². The van der Waals surface area contributed by atoms with Crippen molar-refractivity contribution < 1.29 is 9.18 Å². The standard InChI is InChI=1S/C11H15FN2O.ClH/c1-13-6-7-14-11(15)8-9-2-4-10(12)5-3-9;/h2-5,13H,6-8H2,1H3,(H,14,15);1H. The van der Waals surface area contributed by atoms with E-state index in [4.69, 9.17) is 0 Å². The molecule has 0 heterocycles. The van der Waals surface area contributed by atoms with Gasteiger partial charge in [0.1, 0.15) is 5.82 Å². The number of hydrogen-bond acceptors (Lipinski definition) is 2. The van der Waals surface area contributed by atoms with Gasteiger partial charge >= 0.3 is 0 Å². The highest BCUT2D eigenvalue weighted by molar-refractivity contribution is 5.85. The molecule has 0 aliphatic heterocycles. The molecule has 0 saturated heterocycles. The normalized spacial score (nSPS) is 9.38. The Labute approximate surface area is 101 Å². The molecular formula is C11H16ClFN2O. The molecular weight excluding hydrogens is 231 g/mol. The van der Waals surface area contributed by atoms with Crippen molar-refractivity contribution in [2.24, 2.45) is 0 Å². The number of nitrogens with one attached hydrogen (secondary N) is 2. The molecule has 0 spiro atoms. The number of benzene rings is 1. The first-order valence-corrected chi connectivity index (χ1v) is 4.88. The summed E-state index contributed by atoms with van der Waals surface area (Å²) in [6.45, 7) is 1.35. The van der Waals surface area contributed by atoms with Crippen molar-refractivity contribution in [3.05, 3.63) is 35.6 Å². The van der Waals surface area contributed by atoms with E-state index in [2.05, 4.69) is 10.6 Å². The van der Waals surface area contributed by atoms with Crippen molar-refractivity contribution in [3.8, 4) is 0 Å². The van der Waals surface area contributed by atoms with Crippen molar-refractivity contribution in [1.82, 2.24) is 10.6 Å². The van der Waals surface area contributed by atoms with E-state index >= 15 is 0 Å². The topological polar surface area (TPSA) is 41.1 Å². The van der Waals surface area contributed by atoms with Crippen LogP contribution >= 0.6 is 12.4 Å². The third-order valence-corrected chi connectivity index (χ3v) is 1.98. The molecule has 0 bridgehead atoms. The maximum absolute atomic E-state index is 12.6. The monoisotopic (exact) mass is 246 g/mol. The minimum absolute atomic E-state index is 0. The molecule has 1 rings (SSSR count). The SMILES string of the molecule is CNCCNC(=O)Cc1ccc(F)cc1.Cl. The second-order valence-electron chi connectivity index (χ2n) is 3.26. The molecule has 0 saturated carbocycles. The van der Waals surface area contributed by atoms with Crippen LogP contribution in [0.15, 0.2) is 24.3 Å². The Morgan fingerprint density at radius 3 is 2.44 bits per heavy atom. The van der Waals surface area contributed by atoms with E-state index in [1.165, 1.54) is 12.1 Å². The lowest BCUT2D eigenvalue weighted by Crippen LogP contribution is -2.31. The van der Waals surface area contributed by atoms with Crippen LogP contribution in [0, 0.1) is 5.82 Å². The van der Waals surface area contributed by atoms with Gasteiger partial charge in [-0.1, -0.05) is 12.1 Å². The molecule has 90 valence electrons. The highest BCUT2D eigenvalue weighted by atomic mass is 35.5. The van der Waals surface area contributed by atoms with Crippen molar-refractivity contribution in [3.63, 3.8) is 0 Å². The van der Waals surface area contributed by atoms with Crippen LogP contribution in [-0.4, -0.2) is 26.0 Å². The molecule has 0 aliphatic carbocycles. The van der Waals surface area contributed by atoms with Crippen LogP contribution in [0.1, 0.15) is 5.56 Å². The van der Waals surface area contributed by atoms with E-state index in [0.717, 1.165) is 12.1 Å². The fourth-order valence-electron chi connectivity index (χ4n) is 1.18. The summed E-state index contributed by atoms with van der Waals surface area (Å²) in [4.78, 5) is 11.3. The van der Waals surface area contributed by atoms with E-state index in [0.29, 0.717) is 13.0 Å². The second kappa shape index (κ2) is 8.07. The number of amides is 1. The minimum Gasteiger partial charge on any atom is -0.355 e. The number of carbonyl (C=O) groups excluding carboxylic acids is 1. The van der Waals surface area contributed by atoms with E-state index in [-0.39, 0.29) is 24.1 Å². The van der Waals surface area contributed by atoms with Crippen LogP contribution in [0.2, 0.25) is 0 Å². The van der Waals surface area contributed by atoms with Crippen molar-refractivity contribution in [1.29, 1.82) is 0 Å². The number of carbonyl (C=O) groups is 1. The lowest BCUT2D eigenvalue weighted by atomic mass is 10.1. The van der Waals surface area contributed by atoms with Crippen molar-refractivity contribution in [2.45, 2.75) is 6.42 Å². The fourth-order valence-corrected chi connectivity index (χ4v) is 1.18. The average Bonchev–Trinajstić information content (AvgIpc) is 2.22. The maximum Gasteiger partial charge on any atom is 0.224 e. The van der Waals surface area contributed by atoms with Gasteiger partial charge in [0.05, 0.1) is 6.42 Å². The molecule has 0 radical (unpaired) electrons. The predicted octanol–water partition coefficient (Wildman–Crippen LogP) is 1.13. The van der Waals surface area contributed by atoms with Gasteiger partial charge in [-0.3, -0.25) is 4.79 Å². The average molecular weight is 247 g/mol. The number of rotatable bonds is 5.